The number of nitrogens with zero attached hydrogens (tertiary/aromatic N) is 1. The lowest BCUT2D eigenvalue weighted by Crippen LogP contribution is -2.44. The molecular formula is C9H19NO. The van der Waals surface area contributed by atoms with Crippen molar-refractivity contribution in [2.45, 2.75) is 45.2 Å². The maximum absolute atomic E-state index is 8.81. The molecule has 0 aromatic carbocycles. The van der Waals surface area contributed by atoms with Crippen LogP contribution in [-0.4, -0.2) is 35.2 Å². The van der Waals surface area contributed by atoms with E-state index in [0.717, 1.165) is 6.54 Å². The van der Waals surface area contributed by atoms with Crippen molar-refractivity contribution >= 4 is 0 Å². The number of rotatable bonds is 2. The number of likely N-dealkylation sites (tertiary alicyclic amines) is 1. The average Bonchev–Trinajstić information content (AvgIpc) is 1.97. The molecule has 0 spiro atoms. The highest BCUT2D eigenvalue weighted by atomic mass is 16.3. The molecule has 1 rings (SSSR count). The van der Waals surface area contributed by atoms with Crippen LogP contribution >= 0.6 is 0 Å². The molecule has 0 aromatic heterocycles. The molecule has 1 heterocycles. The molecule has 1 saturated heterocycles. The molecule has 0 amide bonds. The highest BCUT2D eigenvalue weighted by molar-refractivity contribution is 4.78. The number of β-amino-alcohol motifs (C(OH)–C–C–N with tert-alkyl or cyclic N) is 1. The maximum atomic E-state index is 8.81. The zero-order valence-electron chi connectivity index (χ0n) is 7.58. The van der Waals surface area contributed by atoms with Crippen LogP contribution in [0, 0.1) is 0 Å². The molecule has 1 aliphatic heterocycles. The summed E-state index contributed by atoms with van der Waals surface area (Å²) in [5, 5.41) is 8.81. The van der Waals surface area contributed by atoms with Crippen molar-refractivity contribution in [2.75, 3.05) is 13.2 Å². The zero-order chi connectivity index (χ0) is 8.27. The second-order valence-electron chi connectivity index (χ2n) is 3.59. The number of hydrogen-bond donors (Lipinski definition) is 1. The first-order valence-electron chi connectivity index (χ1n) is 4.62. The highest BCUT2D eigenvalue weighted by Gasteiger charge is 2.23. The van der Waals surface area contributed by atoms with Gasteiger partial charge in [0, 0.05) is 18.6 Å². The third-order valence-corrected chi connectivity index (χ3v) is 2.73. The topological polar surface area (TPSA) is 23.5 Å². The maximum Gasteiger partial charge on any atom is 0.0558 e. The van der Waals surface area contributed by atoms with Crippen molar-refractivity contribution in [1.29, 1.82) is 0 Å². The van der Waals surface area contributed by atoms with Gasteiger partial charge in [-0.05, 0) is 26.7 Å². The lowest BCUT2D eigenvalue weighted by molar-refractivity contribution is 0.0804. The van der Waals surface area contributed by atoms with Gasteiger partial charge >= 0.3 is 0 Å². The summed E-state index contributed by atoms with van der Waals surface area (Å²) in [4.78, 5) is 2.41. The number of aliphatic hydroxyl groups is 1. The molecule has 66 valence electrons. The van der Waals surface area contributed by atoms with Crippen molar-refractivity contribution in [3.63, 3.8) is 0 Å². The van der Waals surface area contributed by atoms with E-state index in [1.54, 1.807) is 0 Å². The molecule has 1 fully saturated rings. The number of aliphatic hydroxyl groups excluding tert-OH is 1. The Labute approximate surface area is 69.2 Å². The minimum absolute atomic E-state index is 0.300. The van der Waals surface area contributed by atoms with E-state index in [9.17, 15) is 0 Å². The van der Waals surface area contributed by atoms with Crippen molar-refractivity contribution in [2.24, 2.45) is 0 Å². The monoisotopic (exact) mass is 157 g/mol. The van der Waals surface area contributed by atoms with Crippen LogP contribution in [0.15, 0.2) is 0 Å². The smallest absolute Gasteiger partial charge is 0.0558 e. The zero-order valence-corrected chi connectivity index (χ0v) is 7.58. The SMILES string of the molecule is CC1CCC[C@@H](C)N1CCO. The van der Waals surface area contributed by atoms with E-state index in [4.69, 9.17) is 5.11 Å². The van der Waals surface area contributed by atoms with Gasteiger partial charge in [-0.3, -0.25) is 4.90 Å². The van der Waals surface area contributed by atoms with Gasteiger partial charge in [-0.25, -0.2) is 0 Å². The van der Waals surface area contributed by atoms with Crippen LogP contribution in [0.3, 0.4) is 0 Å². The van der Waals surface area contributed by atoms with Gasteiger partial charge in [-0.15, -0.1) is 0 Å². The first kappa shape index (κ1) is 9.01. The van der Waals surface area contributed by atoms with Gasteiger partial charge in [0.25, 0.3) is 0 Å². The van der Waals surface area contributed by atoms with Crippen LogP contribution in [-0.2, 0) is 0 Å². The second-order valence-corrected chi connectivity index (χ2v) is 3.59. The quantitative estimate of drug-likeness (QED) is 0.652. The van der Waals surface area contributed by atoms with Crippen LogP contribution in [0.2, 0.25) is 0 Å². The molecule has 0 saturated carbocycles. The predicted octanol–water partition coefficient (Wildman–Crippen LogP) is 1.24. The van der Waals surface area contributed by atoms with Crippen molar-refractivity contribution < 1.29 is 5.11 Å². The number of hydrogen-bond acceptors (Lipinski definition) is 2. The molecule has 2 atom stereocenters. The van der Waals surface area contributed by atoms with Gasteiger partial charge in [0.05, 0.1) is 6.61 Å². The van der Waals surface area contributed by atoms with Crippen molar-refractivity contribution in [1.82, 2.24) is 4.90 Å². The summed E-state index contributed by atoms with van der Waals surface area (Å²) >= 11 is 0. The second kappa shape index (κ2) is 4.07. The molecule has 1 aliphatic rings. The molecule has 2 heteroatoms. The fourth-order valence-corrected chi connectivity index (χ4v) is 2.03. The Kier molecular flexibility index (Phi) is 3.34. The number of piperidine rings is 1. The lowest BCUT2D eigenvalue weighted by atomic mass is 9.98. The summed E-state index contributed by atoms with van der Waals surface area (Å²) in [5.74, 6) is 0. The van der Waals surface area contributed by atoms with E-state index >= 15 is 0 Å². The first-order chi connectivity index (χ1) is 5.25. The van der Waals surface area contributed by atoms with Gasteiger partial charge in [0.2, 0.25) is 0 Å². The lowest BCUT2D eigenvalue weighted by Gasteiger charge is -2.38. The van der Waals surface area contributed by atoms with Gasteiger partial charge in [0.1, 0.15) is 0 Å². The van der Waals surface area contributed by atoms with E-state index in [0.29, 0.717) is 18.7 Å². The van der Waals surface area contributed by atoms with Gasteiger partial charge < -0.3 is 5.11 Å². The summed E-state index contributed by atoms with van der Waals surface area (Å²) in [6, 6.07) is 1.34. The van der Waals surface area contributed by atoms with E-state index < -0.39 is 0 Å². The molecule has 0 aliphatic carbocycles. The fourth-order valence-electron chi connectivity index (χ4n) is 2.03. The van der Waals surface area contributed by atoms with E-state index in [1.807, 2.05) is 0 Å². The van der Waals surface area contributed by atoms with Gasteiger partial charge in [-0.1, -0.05) is 6.42 Å². The molecule has 0 aromatic rings. The standard InChI is InChI=1S/C9H19NO/c1-8-4-3-5-9(2)10(8)6-7-11/h8-9,11H,3-7H2,1-2H3/t8-,9?/m1/s1. The summed E-state index contributed by atoms with van der Waals surface area (Å²) in [6.45, 7) is 5.66. The largest absolute Gasteiger partial charge is 0.395 e. The molecule has 0 bridgehead atoms. The summed E-state index contributed by atoms with van der Waals surface area (Å²) in [7, 11) is 0. The average molecular weight is 157 g/mol. The predicted molar refractivity (Wildman–Crippen MR) is 46.6 cm³/mol. The van der Waals surface area contributed by atoms with E-state index in [-0.39, 0.29) is 0 Å². The van der Waals surface area contributed by atoms with Crippen LogP contribution in [0.25, 0.3) is 0 Å². The molecule has 0 radical (unpaired) electrons. The van der Waals surface area contributed by atoms with Gasteiger partial charge in [-0.2, -0.15) is 0 Å². The molecule has 1 N–H and O–H groups in total. The Morgan fingerprint density at radius 1 is 1.27 bits per heavy atom. The third-order valence-electron chi connectivity index (χ3n) is 2.73. The molecule has 1 unspecified atom stereocenters. The van der Waals surface area contributed by atoms with Crippen LogP contribution in [0.1, 0.15) is 33.1 Å². The molecule has 2 nitrogen and oxygen atoms in total. The van der Waals surface area contributed by atoms with Gasteiger partial charge in [0.15, 0.2) is 0 Å². The van der Waals surface area contributed by atoms with Crippen molar-refractivity contribution in [3.8, 4) is 0 Å². The fraction of sp³-hybridized carbons (Fsp3) is 1.00. The Hall–Kier alpha value is -0.0800. The minimum atomic E-state index is 0.300. The third kappa shape index (κ3) is 2.17. The Balaban J connectivity index is 2.41. The Bertz CT molecular complexity index is 106. The Morgan fingerprint density at radius 3 is 2.27 bits per heavy atom. The highest BCUT2D eigenvalue weighted by Crippen LogP contribution is 2.21. The summed E-state index contributed by atoms with van der Waals surface area (Å²) < 4.78 is 0. The molecular weight excluding hydrogens is 138 g/mol. The first-order valence-corrected chi connectivity index (χ1v) is 4.62. The summed E-state index contributed by atoms with van der Waals surface area (Å²) in [5.41, 5.74) is 0. The Morgan fingerprint density at radius 2 is 1.82 bits per heavy atom. The summed E-state index contributed by atoms with van der Waals surface area (Å²) in [6.07, 6.45) is 3.94. The van der Waals surface area contributed by atoms with Crippen LogP contribution in [0.4, 0.5) is 0 Å². The molecule has 11 heavy (non-hydrogen) atoms. The minimum Gasteiger partial charge on any atom is -0.395 e. The normalized spacial score (nSPS) is 34.1. The van der Waals surface area contributed by atoms with Crippen LogP contribution < -0.4 is 0 Å². The van der Waals surface area contributed by atoms with E-state index in [2.05, 4.69) is 18.7 Å². The van der Waals surface area contributed by atoms with E-state index in [1.165, 1.54) is 19.3 Å². The van der Waals surface area contributed by atoms with Crippen LogP contribution in [0.5, 0.6) is 0 Å². The van der Waals surface area contributed by atoms with Crippen molar-refractivity contribution in [3.05, 3.63) is 0 Å².